The van der Waals surface area contributed by atoms with Gasteiger partial charge >= 0.3 is 0 Å². The Morgan fingerprint density at radius 3 is 2.82 bits per heavy atom. The number of rotatable bonds is 7. The monoisotopic (exact) mass is 380 g/mol. The summed E-state index contributed by atoms with van der Waals surface area (Å²) >= 11 is 0. The van der Waals surface area contributed by atoms with Crippen molar-refractivity contribution in [2.75, 3.05) is 14.2 Å². The van der Waals surface area contributed by atoms with Gasteiger partial charge in [0, 0.05) is 24.5 Å². The molecule has 0 spiro atoms. The van der Waals surface area contributed by atoms with Crippen LogP contribution in [0.2, 0.25) is 0 Å². The first-order valence-electron chi connectivity index (χ1n) is 8.62. The van der Waals surface area contributed by atoms with Crippen molar-refractivity contribution in [3.05, 3.63) is 64.1 Å². The minimum absolute atomic E-state index is 0.0888. The summed E-state index contributed by atoms with van der Waals surface area (Å²) in [5.41, 5.74) is 4.50. The van der Waals surface area contributed by atoms with E-state index in [1.165, 1.54) is 6.21 Å². The number of hydrogen-bond acceptors (Lipinski definition) is 6. The van der Waals surface area contributed by atoms with E-state index < -0.39 is 0 Å². The molecular formula is C20H20N4O4. The average molecular weight is 380 g/mol. The maximum absolute atomic E-state index is 12.1. The maximum atomic E-state index is 12.1. The number of amides is 1. The van der Waals surface area contributed by atoms with Crippen molar-refractivity contribution >= 4 is 23.2 Å². The molecule has 0 bridgehead atoms. The summed E-state index contributed by atoms with van der Waals surface area (Å²) in [5, 5.41) is 3.94. The Morgan fingerprint density at radius 1 is 1.21 bits per heavy atom. The molecule has 8 heteroatoms. The molecule has 2 N–H and O–H groups in total. The molecule has 0 unspecified atom stereocenters. The van der Waals surface area contributed by atoms with Gasteiger partial charge in [0.2, 0.25) is 5.91 Å². The number of nitrogens with zero attached hydrogens (tertiary/aromatic N) is 2. The van der Waals surface area contributed by atoms with E-state index in [0.717, 1.165) is 0 Å². The van der Waals surface area contributed by atoms with Gasteiger partial charge < -0.3 is 14.5 Å². The highest BCUT2D eigenvalue weighted by Crippen LogP contribution is 2.22. The number of H-pyrrole nitrogens is 1. The molecule has 1 amide bonds. The quantitative estimate of drug-likeness (QED) is 0.482. The van der Waals surface area contributed by atoms with E-state index in [2.05, 4.69) is 20.5 Å². The predicted molar refractivity (Wildman–Crippen MR) is 106 cm³/mol. The molecule has 0 atom stereocenters. The van der Waals surface area contributed by atoms with E-state index in [1.54, 1.807) is 44.6 Å². The smallest absolute Gasteiger partial charge is 0.270 e. The largest absolute Gasteiger partial charge is 0.497 e. The lowest BCUT2D eigenvalue weighted by molar-refractivity contribution is -0.121. The number of para-hydroxylation sites is 2. The minimum Gasteiger partial charge on any atom is -0.497 e. The Kier molecular flexibility index (Phi) is 6.01. The molecule has 3 aromatic rings. The van der Waals surface area contributed by atoms with Crippen molar-refractivity contribution in [2.45, 2.75) is 12.8 Å². The van der Waals surface area contributed by atoms with Gasteiger partial charge in [-0.3, -0.25) is 9.59 Å². The highest BCUT2D eigenvalue weighted by molar-refractivity contribution is 5.85. The lowest BCUT2D eigenvalue weighted by atomic mass is 10.2. The minimum atomic E-state index is -0.321. The lowest BCUT2D eigenvalue weighted by Gasteiger charge is -2.07. The highest BCUT2D eigenvalue weighted by Gasteiger charge is 2.08. The number of hydrazone groups is 1. The molecule has 0 saturated heterocycles. The van der Waals surface area contributed by atoms with Crippen LogP contribution in [0.15, 0.2) is 52.4 Å². The second-order valence-electron chi connectivity index (χ2n) is 5.93. The van der Waals surface area contributed by atoms with E-state index in [9.17, 15) is 9.59 Å². The number of fused-ring (bicyclic) bond motifs is 1. The molecule has 0 saturated carbocycles. The topological polar surface area (TPSA) is 106 Å². The van der Waals surface area contributed by atoms with Crippen LogP contribution in [0.3, 0.4) is 0 Å². The molecule has 1 aromatic heterocycles. The lowest BCUT2D eigenvalue weighted by Crippen LogP contribution is -2.21. The molecule has 8 nitrogen and oxygen atoms in total. The SMILES string of the molecule is COc1ccc(/C=N/NC(=O)CCc2nc3ccccc3[nH]c2=O)c(OC)c1. The second-order valence-corrected chi connectivity index (χ2v) is 5.93. The molecule has 0 fully saturated rings. The zero-order valence-corrected chi connectivity index (χ0v) is 15.6. The molecule has 28 heavy (non-hydrogen) atoms. The molecule has 3 rings (SSSR count). The van der Waals surface area contributed by atoms with Gasteiger partial charge in [0.25, 0.3) is 5.56 Å². The molecule has 2 aromatic carbocycles. The summed E-state index contributed by atoms with van der Waals surface area (Å²) in [6.07, 6.45) is 1.79. The Morgan fingerprint density at radius 2 is 2.04 bits per heavy atom. The first-order valence-corrected chi connectivity index (χ1v) is 8.62. The fraction of sp³-hybridized carbons (Fsp3) is 0.200. The summed E-state index contributed by atoms with van der Waals surface area (Å²) < 4.78 is 10.4. The molecule has 0 aliphatic carbocycles. The van der Waals surface area contributed by atoms with Crippen LogP contribution in [-0.4, -0.2) is 36.3 Å². The van der Waals surface area contributed by atoms with Crippen LogP contribution in [0.1, 0.15) is 17.7 Å². The fourth-order valence-corrected chi connectivity index (χ4v) is 2.62. The van der Waals surface area contributed by atoms with E-state index in [-0.39, 0.29) is 24.3 Å². The Bertz CT molecular complexity index is 1080. The van der Waals surface area contributed by atoms with Crippen molar-refractivity contribution in [1.82, 2.24) is 15.4 Å². The van der Waals surface area contributed by atoms with E-state index >= 15 is 0 Å². The van der Waals surface area contributed by atoms with Gasteiger partial charge in [-0.2, -0.15) is 5.10 Å². The van der Waals surface area contributed by atoms with Crippen LogP contribution in [0, 0.1) is 0 Å². The highest BCUT2D eigenvalue weighted by atomic mass is 16.5. The maximum Gasteiger partial charge on any atom is 0.270 e. The number of ether oxygens (including phenoxy) is 2. The number of carbonyl (C=O) groups is 1. The molecule has 1 heterocycles. The Hall–Kier alpha value is -3.68. The van der Waals surface area contributed by atoms with Crippen LogP contribution < -0.4 is 20.5 Å². The zero-order valence-electron chi connectivity index (χ0n) is 15.6. The van der Waals surface area contributed by atoms with Crippen molar-refractivity contribution in [2.24, 2.45) is 5.10 Å². The number of hydrogen-bond donors (Lipinski definition) is 2. The number of aryl methyl sites for hydroxylation is 1. The van der Waals surface area contributed by atoms with Gasteiger partial charge in [0.05, 0.1) is 31.5 Å². The Labute approximate surface area is 161 Å². The van der Waals surface area contributed by atoms with Crippen molar-refractivity contribution in [1.29, 1.82) is 0 Å². The normalized spacial score (nSPS) is 10.9. The van der Waals surface area contributed by atoms with Crippen LogP contribution in [-0.2, 0) is 11.2 Å². The van der Waals surface area contributed by atoms with Crippen LogP contribution >= 0.6 is 0 Å². The Balaban J connectivity index is 1.60. The van der Waals surface area contributed by atoms with Gasteiger partial charge in [-0.05, 0) is 24.3 Å². The predicted octanol–water partition coefficient (Wildman–Crippen LogP) is 2.02. The fourth-order valence-electron chi connectivity index (χ4n) is 2.62. The van der Waals surface area contributed by atoms with Crippen LogP contribution in [0.25, 0.3) is 11.0 Å². The zero-order chi connectivity index (χ0) is 19.9. The van der Waals surface area contributed by atoms with Gasteiger partial charge in [-0.1, -0.05) is 12.1 Å². The van der Waals surface area contributed by atoms with Crippen molar-refractivity contribution in [3.63, 3.8) is 0 Å². The van der Waals surface area contributed by atoms with Crippen molar-refractivity contribution in [3.8, 4) is 11.5 Å². The molecular weight excluding hydrogens is 360 g/mol. The number of benzene rings is 2. The average Bonchev–Trinajstić information content (AvgIpc) is 2.72. The number of carbonyl (C=O) groups excluding carboxylic acids is 1. The summed E-state index contributed by atoms with van der Waals surface area (Å²) in [5.74, 6) is 0.911. The van der Waals surface area contributed by atoms with E-state index in [1.807, 2.05) is 12.1 Å². The van der Waals surface area contributed by atoms with Gasteiger partial charge in [-0.25, -0.2) is 10.4 Å². The van der Waals surface area contributed by atoms with Gasteiger partial charge in [-0.15, -0.1) is 0 Å². The first-order chi connectivity index (χ1) is 13.6. The third kappa shape index (κ3) is 4.53. The first kappa shape index (κ1) is 19.1. The number of aromatic nitrogens is 2. The summed E-state index contributed by atoms with van der Waals surface area (Å²) in [6, 6.07) is 12.5. The summed E-state index contributed by atoms with van der Waals surface area (Å²) in [4.78, 5) is 31.2. The third-order valence-electron chi connectivity index (χ3n) is 4.09. The third-order valence-corrected chi connectivity index (χ3v) is 4.09. The molecule has 0 aliphatic heterocycles. The van der Waals surface area contributed by atoms with Gasteiger partial charge in [0.15, 0.2) is 0 Å². The number of nitrogens with one attached hydrogen (secondary N) is 2. The second kappa shape index (κ2) is 8.81. The van der Waals surface area contributed by atoms with Crippen molar-refractivity contribution < 1.29 is 14.3 Å². The summed E-state index contributed by atoms with van der Waals surface area (Å²) in [6.45, 7) is 0. The molecule has 144 valence electrons. The number of methoxy groups -OCH3 is 2. The molecule has 0 radical (unpaired) electrons. The molecule has 0 aliphatic rings. The number of aromatic amines is 1. The summed E-state index contributed by atoms with van der Waals surface area (Å²) in [7, 11) is 3.11. The van der Waals surface area contributed by atoms with Gasteiger partial charge in [0.1, 0.15) is 17.2 Å². The van der Waals surface area contributed by atoms with Crippen LogP contribution in [0.5, 0.6) is 11.5 Å². The van der Waals surface area contributed by atoms with E-state index in [0.29, 0.717) is 33.8 Å². The standard InChI is InChI=1S/C20H20N4O4/c1-27-14-8-7-13(18(11-14)28-2)12-21-24-19(25)10-9-17-20(26)23-16-6-4-3-5-15(16)22-17/h3-8,11-12H,9-10H2,1-2H3,(H,23,26)(H,24,25)/b21-12+. The van der Waals surface area contributed by atoms with E-state index in [4.69, 9.17) is 9.47 Å². The van der Waals surface area contributed by atoms with Crippen LogP contribution in [0.4, 0.5) is 0 Å².